The van der Waals surface area contributed by atoms with Crippen molar-refractivity contribution in [3.8, 4) is 11.1 Å². The molecule has 0 aliphatic rings. The third-order valence-corrected chi connectivity index (χ3v) is 4.54. The van der Waals surface area contributed by atoms with Crippen molar-refractivity contribution in [2.45, 2.75) is 25.4 Å². The summed E-state index contributed by atoms with van der Waals surface area (Å²) >= 11 is 0. The van der Waals surface area contributed by atoms with Gasteiger partial charge in [-0.1, -0.05) is 42.0 Å². The van der Waals surface area contributed by atoms with Gasteiger partial charge >= 0.3 is 5.92 Å². The van der Waals surface area contributed by atoms with Crippen LogP contribution in [0.3, 0.4) is 0 Å². The molecular formula is C21H17F4NO. The van der Waals surface area contributed by atoms with Gasteiger partial charge in [0, 0.05) is 23.4 Å². The van der Waals surface area contributed by atoms with Crippen LogP contribution in [0.15, 0.2) is 60.8 Å². The maximum atomic E-state index is 14.9. The van der Waals surface area contributed by atoms with Crippen LogP contribution in [0, 0.1) is 18.6 Å². The number of hydrogen-bond donors (Lipinski definition) is 1. The van der Waals surface area contributed by atoms with Crippen molar-refractivity contribution in [3.63, 3.8) is 0 Å². The lowest BCUT2D eigenvalue weighted by Crippen LogP contribution is -2.42. The number of benzene rings is 2. The Balaban J connectivity index is 1.97. The van der Waals surface area contributed by atoms with E-state index in [4.69, 9.17) is 0 Å². The van der Waals surface area contributed by atoms with E-state index in [1.807, 2.05) is 31.2 Å². The van der Waals surface area contributed by atoms with Gasteiger partial charge in [0.15, 0.2) is 5.60 Å². The Morgan fingerprint density at radius 3 is 2.07 bits per heavy atom. The molecule has 0 radical (unpaired) electrons. The molecule has 0 spiro atoms. The summed E-state index contributed by atoms with van der Waals surface area (Å²) in [7, 11) is 0. The summed E-state index contributed by atoms with van der Waals surface area (Å²) in [6.45, 7) is 2.71. The summed E-state index contributed by atoms with van der Waals surface area (Å²) in [6, 6.07) is 12.1. The molecule has 1 heterocycles. The lowest BCUT2D eigenvalue weighted by atomic mass is 9.86. The molecule has 3 rings (SSSR count). The number of aryl methyl sites for hydroxylation is 1. The zero-order chi connectivity index (χ0) is 19.8. The molecule has 2 nitrogen and oxygen atoms in total. The van der Waals surface area contributed by atoms with Gasteiger partial charge in [-0.2, -0.15) is 8.78 Å². The molecular weight excluding hydrogens is 358 g/mol. The number of aromatic nitrogens is 1. The van der Waals surface area contributed by atoms with Crippen LogP contribution in [0.1, 0.15) is 23.7 Å². The normalized spacial score (nSPS) is 14.0. The maximum absolute atomic E-state index is 14.9. The molecule has 0 aliphatic carbocycles. The molecule has 0 amide bonds. The van der Waals surface area contributed by atoms with Crippen molar-refractivity contribution in [2.24, 2.45) is 0 Å². The fourth-order valence-corrected chi connectivity index (χ4v) is 2.80. The van der Waals surface area contributed by atoms with Crippen molar-refractivity contribution in [1.29, 1.82) is 0 Å². The van der Waals surface area contributed by atoms with Gasteiger partial charge < -0.3 is 5.11 Å². The minimum atomic E-state index is -3.91. The van der Waals surface area contributed by atoms with Crippen LogP contribution in [0.2, 0.25) is 0 Å². The van der Waals surface area contributed by atoms with E-state index in [2.05, 4.69) is 4.98 Å². The van der Waals surface area contributed by atoms with Gasteiger partial charge in [-0.15, -0.1) is 0 Å². The largest absolute Gasteiger partial charge is 0.379 e. The van der Waals surface area contributed by atoms with Crippen molar-refractivity contribution in [3.05, 3.63) is 89.2 Å². The second-order valence-electron chi connectivity index (χ2n) is 6.57. The van der Waals surface area contributed by atoms with E-state index in [9.17, 15) is 22.7 Å². The Kier molecular flexibility index (Phi) is 4.78. The summed E-state index contributed by atoms with van der Waals surface area (Å²) in [6.07, 6.45) is 1.27. The quantitative estimate of drug-likeness (QED) is 0.625. The van der Waals surface area contributed by atoms with E-state index in [0.29, 0.717) is 11.6 Å². The van der Waals surface area contributed by atoms with Crippen LogP contribution in [0.4, 0.5) is 17.6 Å². The van der Waals surface area contributed by atoms with Crippen LogP contribution >= 0.6 is 0 Å². The van der Waals surface area contributed by atoms with Crippen molar-refractivity contribution < 1.29 is 22.7 Å². The van der Waals surface area contributed by atoms with Gasteiger partial charge in [-0.05, 0) is 31.5 Å². The smallest absolute Gasteiger partial charge is 0.321 e. The van der Waals surface area contributed by atoms with E-state index in [-0.39, 0.29) is 0 Å². The topological polar surface area (TPSA) is 33.1 Å². The fraction of sp³-hybridized carbons (Fsp3) is 0.190. The van der Waals surface area contributed by atoms with Crippen LogP contribution in [-0.4, -0.2) is 10.1 Å². The molecule has 2 aromatic carbocycles. The Morgan fingerprint density at radius 2 is 1.52 bits per heavy atom. The van der Waals surface area contributed by atoms with Crippen LogP contribution in [0.5, 0.6) is 0 Å². The maximum Gasteiger partial charge on any atom is 0.321 e. The first-order valence-corrected chi connectivity index (χ1v) is 8.22. The Labute approximate surface area is 154 Å². The van der Waals surface area contributed by atoms with Crippen molar-refractivity contribution in [1.82, 2.24) is 4.98 Å². The molecule has 1 aromatic heterocycles. The standard InChI is InChI=1S/C21H17F4NO/c1-13-3-5-14(6-4-13)15-7-10-19(26-12-15)21(24,25)20(2,27)17-9-8-16(22)11-18(17)23/h3-12,27H,1-2H3/t20-/m1/s1. The molecule has 1 atom stereocenters. The lowest BCUT2D eigenvalue weighted by Gasteiger charge is -2.32. The van der Waals surface area contributed by atoms with Crippen LogP contribution in [-0.2, 0) is 11.5 Å². The van der Waals surface area contributed by atoms with Gasteiger partial charge in [-0.3, -0.25) is 4.98 Å². The predicted octanol–water partition coefficient (Wildman–Crippen LogP) is 5.33. The third-order valence-electron chi connectivity index (χ3n) is 4.54. The Morgan fingerprint density at radius 1 is 0.889 bits per heavy atom. The molecule has 3 aromatic rings. The summed E-state index contributed by atoms with van der Waals surface area (Å²) in [4.78, 5) is 3.78. The minimum Gasteiger partial charge on any atom is -0.379 e. The first kappa shape index (κ1) is 19.0. The monoisotopic (exact) mass is 375 g/mol. The van der Waals surface area contributed by atoms with Crippen molar-refractivity contribution in [2.75, 3.05) is 0 Å². The number of alkyl halides is 2. The van der Waals surface area contributed by atoms with E-state index >= 15 is 0 Å². The van der Waals surface area contributed by atoms with E-state index in [1.54, 1.807) is 0 Å². The minimum absolute atomic E-state index is 0.452. The highest BCUT2D eigenvalue weighted by molar-refractivity contribution is 5.62. The fourth-order valence-electron chi connectivity index (χ4n) is 2.80. The predicted molar refractivity (Wildman–Crippen MR) is 94.2 cm³/mol. The molecule has 0 bridgehead atoms. The zero-order valence-corrected chi connectivity index (χ0v) is 14.7. The first-order valence-electron chi connectivity index (χ1n) is 8.22. The number of pyridine rings is 1. The summed E-state index contributed by atoms with van der Waals surface area (Å²) < 4.78 is 56.8. The molecule has 0 saturated carbocycles. The number of nitrogens with zero attached hydrogens (tertiary/aromatic N) is 1. The number of halogens is 4. The third kappa shape index (κ3) is 3.45. The highest BCUT2D eigenvalue weighted by Gasteiger charge is 2.54. The second kappa shape index (κ2) is 6.78. The Bertz CT molecular complexity index is 951. The molecule has 0 saturated heterocycles. The van der Waals surface area contributed by atoms with Gasteiger partial charge in [0.1, 0.15) is 17.3 Å². The highest BCUT2D eigenvalue weighted by atomic mass is 19.3. The summed E-state index contributed by atoms with van der Waals surface area (Å²) in [5, 5.41) is 10.4. The lowest BCUT2D eigenvalue weighted by molar-refractivity contribution is -0.189. The van der Waals surface area contributed by atoms with Gasteiger partial charge in [0.25, 0.3) is 0 Å². The highest BCUT2D eigenvalue weighted by Crippen LogP contribution is 2.45. The summed E-state index contributed by atoms with van der Waals surface area (Å²) in [5.41, 5.74) is -1.84. The van der Waals surface area contributed by atoms with Crippen LogP contribution in [0.25, 0.3) is 11.1 Å². The zero-order valence-electron chi connectivity index (χ0n) is 14.7. The number of aliphatic hydroxyl groups is 1. The SMILES string of the molecule is Cc1ccc(-c2ccc(C(F)(F)[C@](C)(O)c3ccc(F)cc3F)nc2)cc1. The summed E-state index contributed by atoms with van der Waals surface area (Å²) in [5.74, 6) is -6.08. The van der Waals surface area contributed by atoms with E-state index in [1.165, 1.54) is 12.3 Å². The second-order valence-corrected chi connectivity index (χ2v) is 6.57. The van der Waals surface area contributed by atoms with Gasteiger partial charge in [-0.25, -0.2) is 8.78 Å². The molecule has 0 aliphatic heterocycles. The van der Waals surface area contributed by atoms with Crippen LogP contribution < -0.4 is 0 Å². The number of rotatable bonds is 4. The molecule has 1 N–H and O–H groups in total. The van der Waals surface area contributed by atoms with E-state index < -0.39 is 34.4 Å². The molecule has 6 heteroatoms. The van der Waals surface area contributed by atoms with Crippen molar-refractivity contribution >= 4 is 0 Å². The molecule has 0 unspecified atom stereocenters. The average molecular weight is 375 g/mol. The average Bonchev–Trinajstić information content (AvgIpc) is 2.62. The molecule has 140 valence electrons. The molecule has 27 heavy (non-hydrogen) atoms. The Hall–Kier alpha value is -2.73. The van der Waals surface area contributed by atoms with Gasteiger partial charge in [0.05, 0.1) is 0 Å². The van der Waals surface area contributed by atoms with E-state index in [0.717, 1.165) is 36.2 Å². The molecule has 0 fully saturated rings. The first-order chi connectivity index (χ1) is 12.6. The number of hydrogen-bond acceptors (Lipinski definition) is 2. The van der Waals surface area contributed by atoms with Gasteiger partial charge in [0.2, 0.25) is 0 Å².